The maximum Gasteiger partial charge on any atom is 0.140 e. The smallest absolute Gasteiger partial charge is 0.140 e. The molecule has 0 aliphatic carbocycles. The van der Waals surface area contributed by atoms with Crippen molar-refractivity contribution in [3.05, 3.63) is 48.3 Å². The van der Waals surface area contributed by atoms with Crippen molar-refractivity contribution in [1.82, 2.24) is 15.0 Å². The van der Waals surface area contributed by atoms with Crippen molar-refractivity contribution >= 4 is 5.69 Å². The van der Waals surface area contributed by atoms with E-state index in [1.807, 2.05) is 18.2 Å². The monoisotopic (exact) mass is 211 g/mol. The normalized spacial score (nSPS) is 9.44. The first-order valence-electron chi connectivity index (χ1n) is 4.73. The lowest BCUT2D eigenvalue weighted by Gasteiger charge is -2.04. The number of anilines is 1. The minimum Gasteiger partial charge on any atom is -0.378 e. The number of nitrogens with one attached hydrogen (secondary N) is 1. The van der Waals surface area contributed by atoms with Crippen LogP contribution in [0.3, 0.4) is 0 Å². The van der Waals surface area contributed by atoms with E-state index < -0.39 is 0 Å². The van der Waals surface area contributed by atoms with Crippen molar-refractivity contribution in [2.45, 2.75) is 6.54 Å². The van der Waals surface area contributed by atoms with Gasteiger partial charge in [0, 0.05) is 6.20 Å². The number of nitriles is 1. The van der Waals surface area contributed by atoms with Gasteiger partial charge in [-0.05, 0) is 18.2 Å². The molecule has 0 aliphatic rings. The molecule has 0 atom stereocenters. The van der Waals surface area contributed by atoms with Gasteiger partial charge in [-0.2, -0.15) is 5.26 Å². The Hall–Kier alpha value is -2.48. The van der Waals surface area contributed by atoms with E-state index in [9.17, 15) is 0 Å². The van der Waals surface area contributed by atoms with Crippen LogP contribution in [0.5, 0.6) is 0 Å². The highest BCUT2D eigenvalue weighted by atomic mass is 14.9. The van der Waals surface area contributed by atoms with Crippen LogP contribution in [0.15, 0.2) is 36.9 Å². The first-order chi connectivity index (χ1) is 7.88. The van der Waals surface area contributed by atoms with Gasteiger partial charge >= 0.3 is 0 Å². The SMILES string of the molecule is N#Cc1ccc(NCc2ccncn2)cn1. The Morgan fingerprint density at radius 2 is 2.19 bits per heavy atom. The standard InChI is InChI=1S/C11H9N5/c12-5-9-1-2-10(6-14-9)15-7-11-3-4-13-8-16-11/h1-4,6,8,15H,7H2. The Bertz CT molecular complexity index is 486. The highest BCUT2D eigenvalue weighted by Gasteiger charge is 1.96. The van der Waals surface area contributed by atoms with Crippen LogP contribution >= 0.6 is 0 Å². The molecule has 0 aliphatic heterocycles. The summed E-state index contributed by atoms with van der Waals surface area (Å²) < 4.78 is 0. The largest absolute Gasteiger partial charge is 0.378 e. The maximum atomic E-state index is 8.59. The van der Waals surface area contributed by atoms with Gasteiger partial charge in [-0.3, -0.25) is 0 Å². The molecule has 2 aromatic heterocycles. The summed E-state index contributed by atoms with van der Waals surface area (Å²) in [5, 5.41) is 11.7. The second-order valence-electron chi connectivity index (χ2n) is 3.10. The summed E-state index contributed by atoms with van der Waals surface area (Å²) in [7, 11) is 0. The van der Waals surface area contributed by atoms with Gasteiger partial charge in [0.05, 0.1) is 24.1 Å². The van der Waals surface area contributed by atoms with Crippen LogP contribution in [0.1, 0.15) is 11.4 Å². The molecule has 2 heterocycles. The van der Waals surface area contributed by atoms with Gasteiger partial charge in [0.2, 0.25) is 0 Å². The van der Waals surface area contributed by atoms with Crippen LogP contribution in [-0.2, 0) is 6.54 Å². The molecule has 16 heavy (non-hydrogen) atoms. The van der Waals surface area contributed by atoms with Crippen molar-refractivity contribution in [1.29, 1.82) is 5.26 Å². The first-order valence-corrected chi connectivity index (χ1v) is 4.73. The van der Waals surface area contributed by atoms with Gasteiger partial charge in [-0.15, -0.1) is 0 Å². The quantitative estimate of drug-likeness (QED) is 0.829. The van der Waals surface area contributed by atoms with E-state index in [0.29, 0.717) is 12.2 Å². The number of aromatic nitrogens is 3. The number of hydrogen-bond donors (Lipinski definition) is 1. The first kappa shape index (κ1) is 10.1. The maximum absolute atomic E-state index is 8.59. The average Bonchev–Trinajstić information content (AvgIpc) is 2.38. The molecule has 0 aromatic carbocycles. The fraction of sp³-hybridized carbons (Fsp3) is 0.0909. The third-order valence-corrected chi connectivity index (χ3v) is 1.99. The predicted octanol–water partition coefficient (Wildman–Crippen LogP) is 1.36. The predicted molar refractivity (Wildman–Crippen MR) is 58.3 cm³/mol. The molecular formula is C11H9N5. The van der Waals surface area contributed by atoms with Crippen molar-refractivity contribution in [2.24, 2.45) is 0 Å². The number of pyridine rings is 1. The summed E-state index contributed by atoms with van der Waals surface area (Å²) in [6, 6.07) is 7.29. The molecule has 0 radical (unpaired) electrons. The van der Waals surface area contributed by atoms with Gasteiger partial charge in [-0.25, -0.2) is 15.0 Å². The Kier molecular flexibility index (Phi) is 3.04. The van der Waals surface area contributed by atoms with Crippen molar-refractivity contribution < 1.29 is 0 Å². The van der Waals surface area contributed by atoms with E-state index in [-0.39, 0.29) is 0 Å². The summed E-state index contributed by atoms with van der Waals surface area (Å²) in [5.74, 6) is 0. The van der Waals surface area contributed by atoms with Gasteiger partial charge in [-0.1, -0.05) is 0 Å². The third kappa shape index (κ3) is 2.51. The van der Waals surface area contributed by atoms with E-state index in [2.05, 4.69) is 20.3 Å². The summed E-state index contributed by atoms with van der Waals surface area (Å²) in [4.78, 5) is 11.9. The molecule has 2 rings (SSSR count). The fourth-order valence-electron chi connectivity index (χ4n) is 1.18. The number of hydrogen-bond acceptors (Lipinski definition) is 5. The number of rotatable bonds is 3. The molecule has 0 unspecified atom stereocenters. The molecular weight excluding hydrogens is 202 g/mol. The lowest BCUT2D eigenvalue weighted by Crippen LogP contribution is -2.01. The third-order valence-electron chi connectivity index (χ3n) is 1.99. The molecule has 0 saturated carbocycles. The lowest BCUT2D eigenvalue weighted by atomic mass is 10.3. The van der Waals surface area contributed by atoms with Crippen LogP contribution < -0.4 is 5.32 Å². The molecule has 2 aromatic rings. The second-order valence-corrected chi connectivity index (χ2v) is 3.10. The molecule has 0 spiro atoms. The van der Waals surface area contributed by atoms with Gasteiger partial charge in [0.15, 0.2) is 0 Å². The van der Waals surface area contributed by atoms with E-state index >= 15 is 0 Å². The minimum atomic E-state index is 0.410. The Balaban J connectivity index is 1.98. The summed E-state index contributed by atoms with van der Waals surface area (Å²) in [6.45, 7) is 0.607. The van der Waals surface area contributed by atoms with Gasteiger partial charge < -0.3 is 5.32 Å². The fourth-order valence-corrected chi connectivity index (χ4v) is 1.18. The molecule has 5 nitrogen and oxygen atoms in total. The van der Waals surface area contributed by atoms with Crippen LogP contribution in [0.2, 0.25) is 0 Å². The number of nitrogens with zero attached hydrogens (tertiary/aromatic N) is 4. The zero-order chi connectivity index (χ0) is 11.2. The van der Waals surface area contributed by atoms with Crippen LogP contribution in [0.25, 0.3) is 0 Å². The summed E-state index contributed by atoms with van der Waals surface area (Å²) >= 11 is 0. The van der Waals surface area contributed by atoms with Crippen molar-refractivity contribution in [2.75, 3.05) is 5.32 Å². The molecule has 0 bridgehead atoms. The van der Waals surface area contributed by atoms with E-state index in [4.69, 9.17) is 5.26 Å². The minimum absolute atomic E-state index is 0.410. The molecule has 0 fully saturated rings. The Labute approximate surface area is 92.8 Å². The van der Waals surface area contributed by atoms with Gasteiger partial charge in [0.1, 0.15) is 18.1 Å². The molecule has 0 amide bonds. The molecule has 78 valence electrons. The van der Waals surface area contributed by atoms with E-state index in [1.54, 1.807) is 18.5 Å². The van der Waals surface area contributed by atoms with Crippen LogP contribution in [0, 0.1) is 11.3 Å². The Morgan fingerprint density at radius 1 is 1.25 bits per heavy atom. The van der Waals surface area contributed by atoms with E-state index in [1.165, 1.54) is 6.33 Å². The second kappa shape index (κ2) is 4.84. The van der Waals surface area contributed by atoms with Gasteiger partial charge in [0.25, 0.3) is 0 Å². The highest BCUT2D eigenvalue weighted by Crippen LogP contribution is 2.06. The molecule has 5 heteroatoms. The molecule has 1 N–H and O–H groups in total. The van der Waals surface area contributed by atoms with Crippen molar-refractivity contribution in [3.8, 4) is 6.07 Å². The summed E-state index contributed by atoms with van der Waals surface area (Å²) in [6.07, 6.45) is 4.83. The van der Waals surface area contributed by atoms with Crippen molar-refractivity contribution in [3.63, 3.8) is 0 Å². The van der Waals surface area contributed by atoms with Crippen LogP contribution in [-0.4, -0.2) is 15.0 Å². The average molecular weight is 211 g/mol. The van der Waals surface area contributed by atoms with E-state index in [0.717, 1.165) is 11.4 Å². The zero-order valence-electron chi connectivity index (χ0n) is 8.46. The Morgan fingerprint density at radius 3 is 2.81 bits per heavy atom. The molecule has 0 saturated heterocycles. The summed E-state index contributed by atoms with van der Waals surface area (Å²) in [5.41, 5.74) is 2.17. The van der Waals surface area contributed by atoms with Crippen LogP contribution in [0.4, 0.5) is 5.69 Å². The topological polar surface area (TPSA) is 74.5 Å². The zero-order valence-corrected chi connectivity index (χ0v) is 8.46. The lowest BCUT2D eigenvalue weighted by molar-refractivity contribution is 1.00. The highest BCUT2D eigenvalue weighted by molar-refractivity contribution is 5.42.